The van der Waals surface area contributed by atoms with E-state index in [4.69, 9.17) is 0 Å². The van der Waals surface area contributed by atoms with Crippen LogP contribution in [0.1, 0.15) is 0 Å². The highest BCUT2D eigenvalue weighted by molar-refractivity contribution is 8.46. The second kappa shape index (κ2) is 3.16. The van der Waals surface area contributed by atoms with E-state index in [0.29, 0.717) is 6.07 Å². The summed E-state index contributed by atoms with van der Waals surface area (Å²) in [6.07, 6.45) is 0. The van der Waals surface area contributed by atoms with E-state index in [2.05, 4.69) is 0 Å². The van der Waals surface area contributed by atoms with Crippen molar-refractivity contribution < 1.29 is 38.9 Å². The molecule has 0 aromatic heterocycles. The Hall–Kier alpha value is -1.30. The molecule has 0 unspecified atom stereocenters. The van der Waals surface area contributed by atoms with Gasteiger partial charge < -0.3 is 0 Å². The van der Waals surface area contributed by atoms with Crippen molar-refractivity contribution in [2.24, 2.45) is 0 Å². The fourth-order valence-corrected chi connectivity index (χ4v) is 3.39. The maximum atomic E-state index is 12.8. The minimum absolute atomic E-state index is 0.140. The largest absolute Gasteiger partial charge is 0.311 e. The first-order valence-electron chi connectivity index (χ1n) is 5.18. The molecule has 2 aromatic rings. The third-order valence-electron chi connectivity index (χ3n) is 2.67. The van der Waals surface area contributed by atoms with Crippen molar-refractivity contribution in [1.29, 1.82) is 0 Å². The van der Waals surface area contributed by atoms with Crippen LogP contribution in [-0.2, 0) is 0 Å². The predicted molar refractivity (Wildman–Crippen MR) is 66.7 cm³/mol. The lowest BCUT2D eigenvalue weighted by atomic mass is 10.1. The van der Waals surface area contributed by atoms with Gasteiger partial charge in [0.05, 0.1) is 0 Å². The number of hydrogen-bond acceptors (Lipinski definition) is 0. The molecule has 2 rings (SSSR count). The standard InChI is InChI=1S/C10H6F10S2/c11-21(12,13,14,15)8-5-4-7-2-1-3-10(9(7)6-8)22(16,17,18,19)20/h1-6H. The van der Waals surface area contributed by atoms with E-state index >= 15 is 0 Å². The summed E-state index contributed by atoms with van der Waals surface area (Å²) in [5.41, 5.74) is 0. The molecule has 0 saturated carbocycles. The van der Waals surface area contributed by atoms with E-state index in [1.54, 1.807) is 0 Å². The van der Waals surface area contributed by atoms with Gasteiger partial charge in [-0.1, -0.05) is 57.1 Å². The topological polar surface area (TPSA) is 0 Å². The van der Waals surface area contributed by atoms with Gasteiger partial charge in [0, 0.05) is 5.39 Å². The van der Waals surface area contributed by atoms with Crippen LogP contribution in [0.4, 0.5) is 38.9 Å². The zero-order valence-electron chi connectivity index (χ0n) is 10.1. The van der Waals surface area contributed by atoms with Gasteiger partial charge in [0.2, 0.25) is 0 Å². The average molecular weight is 380 g/mol. The van der Waals surface area contributed by atoms with Gasteiger partial charge >= 0.3 is 20.4 Å². The predicted octanol–water partition coefficient (Wildman–Crippen LogP) is 8.15. The molecule has 0 N–H and O–H groups in total. The van der Waals surface area contributed by atoms with E-state index in [1.165, 1.54) is 0 Å². The quantitative estimate of drug-likeness (QED) is 0.461. The summed E-state index contributed by atoms with van der Waals surface area (Å²) in [5, 5.41) is -2.30. The Morgan fingerprint density at radius 3 is 1.59 bits per heavy atom. The lowest BCUT2D eigenvalue weighted by Gasteiger charge is -2.42. The second-order valence-corrected chi connectivity index (χ2v) is 9.36. The zero-order valence-corrected chi connectivity index (χ0v) is 11.7. The number of rotatable bonds is 2. The van der Waals surface area contributed by atoms with Crippen LogP contribution in [0.3, 0.4) is 0 Å². The zero-order chi connectivity index (χ0) is 17.4. The molecular formula is C10H6F10S2. The molecule has 0 aliphatic carbocycles. The first kappa shape index (κ1) is 17.1. The molecule has 0 nitrogen and oxygen atoms in total. The molecule has 128 valence electrons. The molecular weight excluding hydrogens is 374 g/mol. The molecule has 0 fully saturated rings. The first-order valence-corrected chi connectivity index (χ1v) is 9.09. The van der Waals surface area contributed by atoms with Gasteiger partial charge in [0.1, 0.15) is 9.79 Å². The summed E-state index contributed by atoms with van der Waals surface area (Å²) in [5.74, 6) is 0. The van der Waals surface area contributed by atoms with Crippen LogP contribution < -0.4 is 0 Å². The summed E-state index contributed by atoms with van der Waals surface area (Å²) in [4.78, 5) is -5.30. The van der Waals surface area contributed by atoms with Crippen molar-refractivity contribution in [3.05, 3.63) is 36.4 Å². The molecule has 12 heteroatoms. The number of benzene rings is 2. The van der Waals surface area contributed by atoms with Crippen molar-refractivity contribution >= 4 is 31.2 Å². The van der Waals surface area contributed by atoms with Crippen LogP contribution in [0, 0.1) is 0 Å². The first-order chi connectivity index (χ1) is 9.17. The maximum Gasteiger partial charge on any atom is 0.311 e. The Morgan fingerprint density at radius 1 is 0.591 bits per heavy atom. The fourth-order valence-electron chi connectivity index (χ4n) is 1.80. The molecule has 0 aliphatic rings. The molecule has 0 atom stereocenters. The number of halogens is 10. The van der Waals surface area contributed by atoms with E-state index < -0.39 is 47.1 Å². The Morgan fingerprint density at radius 2 is 1.14 bits per heavy atom. The van der Waals surface area contributed by atoms with Crippen molar-refractivity contribution in [3.63, 3.8) is 0 Å². The van der Waals surface area contributed by atoms with Crippen LogP contribution in [0.2, 0.25) is 0 Å². The van der Waals surface area contributed by atoms with Gasteiger partial charge in [-0.05, 0) is 23.6 Å². The fraction of sp³-hybridized carbons (Fsp3) is 0. The highest BCUT2D eigenvalue weighted by Gasteiger charge is 2.67. The second-order valence-electron chi connectivity index (χ2n) is 4.58. The third kappa shape index (κ3) is 3.37. The molecule has 0 spiro atoms. The lowest BCUT2D eigenvalue weighted by molar-refractivity contribution is 0.360. The van der Waals surface area contributed by atoms with Gasteiger partial charge in [-0.15, -0.1) is 0 Å². The van der Waals surface area contributed by atoms with Crippen molar-refractivity contribution in [2.75, 3.05) is 0 Å². The van der Waals surface area contributed by atoms with Gasteiger partial charge in [-0.3, -0.25) is 0 Å². The Bertz CT molecular complexity index is 788. The van der Waals surface area contributed by atoms with Crippen LogP contribution in [-0.4, -0.2) is 0 Å². The van der Waals surface area contributed by atoms with Crippen LogP contribution >= 0.6 is 20.4 Å². The summed E-state index contributed by atoms with van der Waals surface area (Å²) in [7, 11) is -20.6. The number of fused-ring (bicyclic) bond motifs is 1. The highest BCUT2D eigenvalue weighted by atomic mass is 32.5. The van der Waals surface area contributed by atoms with E-state index in [-0.39, 0.29) is 18.2 Å². The summed E-state index contributed by atoms with van der Waals surface area (Å²) >= 11 is 0. The summed E-state index contributed by atoms with van der Waals surface area (Å²) < 4.78 is 127. The van der Waals surface area contributed by atoms with E-state index in [0.717, 1.165) is 6.07 Å². The summed E-state index contributed by atoms with van der Waals surface area (Å²) in [6.45, 7) is 0. The Balaban J connectivity index is 2.97. The SMILES string of the molecule is FS(F)(F)(F)(F)c1ccc2cccc(S(F)(F)(F)(F)F)c2c1. The monoisotopic (exact) mass is 380 g/mol. The van der Waals surface area contributed by atoms with Crippen molar-refractivity contribution in [2.45, 2.75) is 9.79 Å². The molecule has 0 bridgehead atoms. The van der Waals surface area contributed by atoms with Gasteiger partial charge in [0.15, 0.2) is 0 Å². The van der Waals surface area contributed by atoms with Gasteiger partial charge in [-0.25, -0.2) is 0 Å². The normalized spacial score (nSPS) is 19.9. The van der Waals surface area contributed by atoms with Crippen molar-refractivity contribution in [3.8, 4) is 0 Å². The van der Waals surface area contributed by atoms with Crippen LogP contribution in [0.5, 0.6) is 0 Å². The molecule has 0 amide bonds. The lowest BCUT2D eigenvalue weighted by Crippen LogP contribution is -2.09. The maximum absolute atomic E-state index is 12.8. The summed E-state index contributed by atoms with van der Waals surface area (Å²) in [6, 6.07) is 0.768. The molecule has 0 radical (unpaired) electrons. The average Bonchev–Trinajstić information content (AvgIpc) is 2.21. The van der Waals surface area contributed by atoms with Crippen molar-refractivity contribution in [1.82, 2.24) is 0 Å². The van der Waals surface area contributed by atoms with Crippen LogP contribution in [0.15, 0.2) is 46.2 Å². The highest BCUT2D eigenvalue weighted by Crippen LogP contribution is 3.04. The molecule has 0 heterocycles. The minimum Gasteiger partial charge on any atom is -0.0936 e. The Kier molecular flexibility index (Phi) is 2.45. The molecule has 0 saturated heterocycles. The van der Waals surface area contributed by atoms with Crippen LogP contribution in [0.25, 0.3) is 10.8 Å². The number of hydrogen-bond donors (Lipinski definition) is 0. The molecule has 22 heavy (non-hydrogen) atoms. The smallest absolute Gasteiger partial charge is 0.0936 e. The minimum atomic E-state index is -10.3. The molecule has 0 aliphatic heterocycles. The third-order valence-corrected chi connectivity index (χ3v) is 5.01. The molecule has 2 aromatic carbocycles. The Labute approximate surface area is 117 Å². The van der Waals surface area contributed by atoms with E-state index in [9.17, 15) is 38.9 Å². The van der Waals surface area contributed by atoms with Gasteiger partial charge in [-0.2, -0.15) is 0 Å². The van der Waals surface area contributed by atoms with Gasteiger partial charge in [0.25, 0.3) is 0 Å². The van der Waals surface area contributed by atoms with E-state index in [1.807, 2.05) is 0 Å².